The molecule has 12 nitrogen and oxygen atoms in total. The summed E-state index contributed by atoms with van der Waals surface area (Å²) in [5.41, 5.74) is 23.2. The molecule has 3 rings (SSSR count). The van der Waals surface area contributed by atoms with E-state index in [2.05, 4.69) is 5.32 Å². The maximum absolute atomic E-state index is 11.1. The van der Waals surface area contributed by atoms with E-state index in [0.717, 1.165) is 0 Å². The van der Waals surface area contributed by atoms with Gasteiger partial charge in [0.1, 0.15) is 35.8 Å². The fourth-order valence-corrected chi connectivity index (χ4v) is 4.57. The van der Waals surface area contributed by atoms with Crippen molar-refractivity contribution in [3.8, 4) is 0 Å². The molecule has 2 fully saturated rings. The Morgan fingerprint density at radius 3 is 2.25 bits per heavy atom. The summed E-state index contributed by atoms with van der Waals surface area (Å²) in [5.74, 6) is 0.559. The molecule has 0 bridgehead atoms. The van der Waals surface area contributed by atoms with E-state index >= 15 is 0 Å². The average Bonchev–Trinajstić information content (AvgIpc) is 2.71. The molecule has 1 aliphatic carbocycles. The van der Waals surface area contributed by atoms with Crippen LogP contribution >= 0.6 is 0 Å². The van der Waals surface area contributed by atoms with Crippen molar-refractivity contribution in [2.75, 3.05) is 13.7 Å². The Morgan fingerprint density at radius 1 is 1.09 bits per heavy atom. The van der Waals surface area contributed by atoms with Crippen LogP contribution in [0.15, 0.2) is 11.8 Å². The van der Waals surface area contributed by atoms with Gasteiger partial charge in [0.25, 0.3) is 0 Å². The topological polar surface area (TPSA) is 214 Å². The largest absolute Gasteiger partial charge is 0.466 e. The Labute approximate surface area is 188 Å². The molecule has 0 aromatic rings. The molecule has 1 saturated carbocycles. The molecule has 186 valence electrons. The van der Waals surface area contributed by atoms with Crippen molar-refractivity contribution in [3.63, 3.8) is 0 Å². The SMILES string of the molecule is CN[C@@H]1[C@H](O)[C@H](O[C@@H]2[C@H](O)[C@@H](O[C@H]3OC([C@H](C)N)=CC[C@@H]3N)[C@H](N)C[C@H]2N)OC[C@@]1(C)O. The van der Waals surface area contributed by atoms with Gasteiger partial charge in [-0.05, 0) is 39.8 Å². The minimum Gasteiger partial charge on any atom is -0.466 e. The highest BCUT2D eigenvalue weighted by Crippen LogP contribution is 2.31. The van der Waals surface area contributed by atoms with Crippen LogP contribution in [0.3, 0.4) is 0 Å². The third kappa shape index (κ3) is 5.26. The Morgan fingerprint density at radius 2 is 1.69 bits per heavy atom. The first-order chi connectivity index (χ1) is 15.0. The van der Waals surface area contributed by atoms with E-state index < -0.39 is 66.8 Å². The molecule has 1 saturated heterocycles. The van der Waals surface area contributed by atoms with Crippen LogP contribution in [0.1, 0.15) is 26.7 Å². The Bertz CT molecular complexity index is 666. The van der Waals surface area contributed by atoms with E-state index in [9.17, 15) is 15.3 Å². The van der Waals surface area contributed by atoms with Crippen molar-refractivity contribution in [1.29, 1.82) is 0 Å². The zero-order valence-electron chi connectivity index (χ0n) is 18.8. The van der Waals surface area contributed by atoms with E-state index in [1.165, 1.54) is 0 Å². The predicted molar refractivity (Wildman–Crippen MR) is 115 cm³/mol. The molecule has 0 aromatic heterocycles. The van der Waals surface area contributed by atoms with Crippen LogP contribution < -0.4 is 28.3 Å². The minimum absolute atomic E-state index is 0.0745. The standard InChI is InChI=1S/C20H39N5O7/c1-8(21)12-5-4-9(22)18(30-12)31-15-10(23)6-11(24)16(13(15)26)32-19-14(27)17(25-3)20(2,28)7-29-19/h5,8-11,13-19,25-28H,4,6-7,21-24H2,1-3H3/t8-,9-,10+,11+,13+,14-,15-,16-,17+,18+,19-,20+/m0/s1. The summed E-state index contributed by atoms with van der Waals surface area (Å²) in [6, 6.07) is -2.72. The summed E-state index contributed by atoms with van der Waals surface area (Å²) in [6.45, 7) is 3.26. The Kier molecular flexibility index (Phi) is 8.16. The van der Waals surface area contributed by atoms with Crippen LogP contribution in [-0.2, 0) is 18.9 Å². The molecular weight excluding hydrogens is 422 g/mol. The van der Waals surface area contributed by atoms with Crippen molar-refractivity contribution < 1.29 is 34.3 Å². The lowest BCUT2D eigenvalue weighted by Crippen LogP contribution is -2.68. The molecular formula is C20H39N5O7. The second-order valence-corrected chi connectivity index (χ2v) is 9.33. The van der Waals surface area contributed by atoms with Crippen molar-refractivity contribution in [3.05, 3.63) is 11.8 Å². The molecule has 12 heteroatoms. The van der Waals surface area contributed by atoms with Gasteiger partial charge in [0.05, 0.1) is 24.7 Å². The number of nitrogens with two attached hydrogens (primary N) is 4. The summed E-state index contributed by atoms with van der Waals surface area (Å²) >= 11 is 0. The van der Waals surface area contributed by atoms with Crippen LogP contribution in [-0.4, -0.2) is 102 Å². The highest BCUT2D eigenvalue weighted by Gasteiger charge is 2.50. The molecule has 0 amide bonds. The van der Waals surface area contributed by atoms with Crippen LogP contribution in [0.2, 0.25) is 0 Å². The number of ether oxygens (including phenoxy) is 4. The van der Waals surface area contributed by atoms with Gasteiger partial charge in [0, 0.05) is 12.1 Å². The number of rotatable bonds is 6. The summed E-state index contributed by atoms with van der Waals surface area (Å²) < 4.78 is 23.2. The third-order valence-electron chi connectivity index (χ3n) is 6.43. The summed E-state index contributed by atoms with van der Waals surface area (Å²) in [4.78, 5) is 0. The zero-order chi connectivity index (χ0) is 23.8. The fraction of sp³-hybridized carbons (Fsp3) is 0.900. The van der Waals surface area contributed by atoms with Crippen molar-refractivity contribution in [1.82, 2.24) is 5.32 Å². The van der Waals surface area contributed by atoms with Gasteiger partial charge < -0.3 is 62.5 Å². The molecule has 0 spiro atoms. The van der Waals surface area contributed by atoms with Crippen molar-refractivity contribution in [2.45, 2.75) is 99.5 Å². The van der Waals surface area contributed by atoms with Crippen LogP contribution in [0.4, 0.5) is 0 Å². The Hall–Kier alpha value is -0.900. The highest BCUT2D eigenvalue weighted by atomic mass is 16.7. The summed E-state index contributed by atoms with van der Waals surface area (Å²) in [5, 5.41) is 35.0. The molecule has 3 aliphatic rings. The number of hydrogen-bond acceptors (Lipinski definition) is 12. The lowest BCUT2D eigenvalue weighted by Gasteiger charge is -2.48. The number of nitrogens with one attached hydrogen (secondary N) is 1. The molecule has 2 aliphatic heterocycles. The normalized spacial score (nSPS) is 48.6. The van der Waals surface area contributed by atoms with Gasteiger partial charge in [0.2, 0.25) is 6.29 Å². The molecule has 0 unspecified atom stereocenters. The number of aliphatic hydroxyl groups excluding tert-OH is 2. The van der Waals surface area contributed by atoms with Gasteiger partial charge >= 0.3 is 0 Å². The first-order valence-corrected chi connectivity index (χ1v) is 11.0. The Balaban J connectivity index is 1.70. The quantitative estimate of drug-likeness (QED) is 0.194. The fourth-order valence-electron chi connectivity index (χ4n) is 4.57. The van der Waals surface area contributed by atoms with E-state index in [1.54, 1.807) is 20.9 Å². The molecule has 32 heavy (non-hydrogen) atoms. The number of hydrogen-bond donors (Lipinski definition) is 8. The first kappa shape index (κ1) is 25.7. The maximum atomic E-state index is 11.1. The lowest BCUT2D eigenvalue weighted by molar-refractivity contribution is -0.303. The van der Waals surface area contributed by atoms with Gasteiger partial charge in [0.15, 0.2) is 6.29 Å². The predicted octanol–water partition coefficient (Wildman–Crippen LogP) is -3.46. The van der Waals surface area contributed by atoms with Crippen molar-refractivity contribution >= 4 is 0 Å². The molecule has 12 atom stereocenters. The third-order valence-corrected chi connectivity index (χ3v) is 6.43. The summed E-state index contributed by atoms with van der Waals surface area (Å²) in [7, 11) is 1.62. The smallest absolute Gasteiger partial charge is 0.215 e. The van der Waals surface area contributed by atoms with Gasteiger partial charge in [-0.25, -0.2) is 0 Å². The average molecular weight is 462 g/mol. The monoisotopic (exact) mass is 461 g/mol. The summed E-state index contributed by atoms with van der Waals surface area (Å²) in [6.07, 6.45) is -3.60. The van der Waals surface area contributed by atoms with Gasteiger partial charge in [-0.15, -0.1) is 0 Å². The van der Waals surface area contributed by atoms with Crippen molar-refractivity contribution in [2.24, 2.45) is 22.9 Å². The number of aliphatic hydroxyl groups is 3. The van der Waals surface area contributed by atoms with Crippen LogP contribution in [0.25, 0.3) is 0 Å². The molecule has 0 radical (unpaired) electrons. The number of likely N-dealkylation sites (N-methyl/N-ethyl adjacent to an activating group) is 1. The first-order valence-electron chi connectivity index (χ1n) is 11.0. The van der Waals surface area contributed by atoms with Crippen LogP contribution in [0, 0.1) is 0 Å². The highest BCUT2D eigenvalue weighted by molar-refractivity contribution is 5.07. The van der Waals surface area contributed by atoms with Gasteiger partial charge in [-0.3, -0.25) is 0 Å². The lowest BCUT2D eigenvalue weighted by atomic mass is 9.84. The van der Waals surface area contributed by atoms with E-state index in [4.69, 9.17) is 41.9 Å². The van der Waals surface area contributed by atoms with Gasteiger partial charge in [-0.2, -0.15) is 0 Å². The van der Waals surface area contributed by atoms with E-state index in [-0.39, 0.29) is 12.6 Å². The zero-order valence-corrected chi connectivity index (χ0v) is 18.8. The maximum Gasteiger partial charge on any atom is 0.215 e. The second kappa shape index (κ2) is 10.2. The van der Waals surface area contributed by atoms with Gasteiger partial charge in [-0.1, -0.05) is 0 Å². The molecule has 2 heterocycles. The van der Waals surface area contributed by atoms with E-state index in [0.29, 0.717) is 18.6 Å². The minimum atomic E-state index is -1.30. The van der Waals surface area contributed by atoms with E-state index in [1.807, 2.05) is 6.08 Å². The molecule has 0 aromatic carbocycles. The molecule has 12 N–H and O–H groups in total. The van der Waals surface area contributed by atoms with Crippen LogP contribution in [0.5, 0.6) is 0 Å². The second-order valence-electron chi connectivity index (χ2n) is 9.33.